The molecule has 0 aromatic heterocycles. The fourth-order valence-corrected chi connectivity index (χ4v) is 0.986. The van der Waals surface area contributed by atoms with Crippen molar-refractivity contribution in [2.24, 2.45) is 17.4 Å². The molecule has 60 valence electrons. The molecule has 0 spiro atoms. The molecule has 0 aliphatic heterocycles. The Morgan fingerprint density at radius 3 is 2.10 bits per heavy atom. The van der Waals surface area contributed by atoms with E-state index in [0.717, 1.165) is 6.42 Å². The van der Waals surface area contributed by atoms with E-state index in [2.05, 4.69) is 13.5 Å². The van der Waals surface area contributed by atoms with E-state index >= 15 is 0 Å². The van der Waals surface area contributed by atoms with Gasteiger partial charge in [-0.2, -0.15) is 0 Å². The van der Waals surface area contributed by atoms with E-state index in [0.29, 0.717) is 5.92 Å². The number of nitrogens with two attached hydrogens (primary N) is 2. The molecule has 0 heterocycles. The van der Waals surface area contributed by atoms with Crippen molar-refractivity contribution in [1.82, 2.24) is 0 Å². The van der Waals surface area contributed by atoms with Crippen molar-refractivity contribution in [3.05, 3.63) is 12.7 Å². The summed E-state index contributed by atoms with van der Waals surface area (Å²) in [6.45, 7) is 7.72. The van der Waals surface area contributed by atoms with Crippen LogP contribution in [0.5, 0.6) is 0 Å². The SMILES string of the molecule is C=C[C@H](CC)C(N)C(C)N. The molecule has 0 bridgehead atoms. The van der Waals surface area contributed by atoms with Crippen LogP contribution in [0.4, 0.5) is 0 Å². The van der Waals surface area contributed by atoms with E-state index < -0.39 is 0 Å². The third kappa shape index (κ3) is 2.50. The summed E-state index contributed by atoms with van der Waals surface area (Å²) < 4.78 is 0. The molecule has 3 atom stereocenters. The summed E-state index contributed by atoms with van der Waals surface area (Å²) >= 11 is 0. The Bertz CT molecular complexity index is 99.4. The van der Waals surface area contributed by atoms with E-state index in [-0.39, 0.29) is 12.1 Å². The Labute approximate surface area is 63.3 Å². The van der Waals surface area contributed by atoms with Gasteiger partial charge in [0.25, 0.3) is 0 Å². The van der Waals surface area contributed by atoms with Gasteiger partial charge in [-0.15, -0.1) is 6.58 Å². The third-order valence-corrected chi connectivity index (χ3v) is 1.88. The van der Waals surface area contributed by atoms with Gasteiger partial charge < -0.3 is 11.5 Å². The van der Waals surface area contributed by atoms with Crippen LogP contribution in [0.25, 0.3) is 0 Å². The van der Waals surface area contributed by atoms with Crippen LogP contribution in [0, 0.1) is 5.92 Å². The molecule has 0 aromatic carbocycles. The van der Waals surface area contributed by atoms with Crippen molar-refractivity contribution in [1.29, 1.82) is 0 Å². The van der Waals surface area contributed by atoms with Crippen molar-refractivity contribution in [3.63, 3.8) is 0 Å². The Hall–Kier alpha value is -0.340. The molecule has 0 radical (unpaired) electrons. The van der Waals surface area contributed by atoms with Crippen molar-refractivity contribution in [2.75, 3.05) is 0 Å². The van der Waals surface area contributed by atoms with Crippen LogP contribution in [0.1, 0.15) is 20.3 Å². The Kier molecular flexibility index (Phi) is 4.32. The van der Waals surface area contributed by atoms with Crippen molar-refractivity contribution < 1.29 is 0 Å². The second-order valence-corrected chi connectivity index (χ2v) is 2.74. The molecule has 0 fully saturated rings. The molecule has 0 aromatic rings. The lowest BCUT2D eigenvalue weighted by Crippen LogP contribution is -2.43. The van der Waals surface area contributed by atoms with Gasteiger partial charge in [0.15, 0.2) is 0 Å². The first-order valence-corrected chi connectivity index (χ1v) is 3.77. The molecule has 0 aliphatic carbocycles. The molecule has 10 heavy (non-hydrogen) atoms. The predicted octanol–water partition coefficient (Wildman–Crippen LogP) is 0.873. The zero-order valence-electron chi connectivity index (χ0n) is 6.88. The van der Waals surface area contributed by atoms with Crippen LogP contribution in [0.2, 0.25) is 0 Å². The van der Waals surface area contributed by atoms with E-state index in [1.807, 2.05) is 13.0 Å². The second kappa shape index (κ2) is 4.47. The predicted molar refractivity (Wildman–Crippen MR) is 45.6 cm³/mol. The zero-order chi connectivity index (χ0) is 8.15. The topological polar surface area (TPSA) is 52.0 Å². The van der Waals surface area contributed by atoms with E-state index in [4.69, 9.17) is 11.5 Å². The van der Waals surface area contributed by atoms with Crippen molar-refractivity contribution >= 4 is 0 Å². The molecule has 0 rings (SSSR count). The Morgan fingerprint density at radius 2 is 2.00 bits per heavy atom. The molecule has 4 N–H and O–H groups in total. The van der Waals surface area contributed by atoms with Gasteiger partial charge in [0.2, 0.25) is 0 Å². The highest BCUT2D eigenvalue weighted by Crippen LogP contribution is 2.09. The lowest BCUT2D eigenvalue weighted by Gasteiger charge is -2.22. The average Bonchev–Trinajstić information content (AvgIpc) is 1.90. The maximum absolute atomic E-state index is 5.79. The molecule has 2 nitrogen and oxygen atoms in total. The minimum absolute atomic E-state index is 0.0579. The summed E-state index contributed by atoms with van der Waals surface area (Å²) in [4.78, 5) is 0. The molecule has 0 amide bonds. The summed E-state index contributed by atoms with van der Waals surface area (Å²) in [6, 6.07) is 0.116. The van der Waals surface area contributed by atoms with Gasteiger partial charge in [-0.05, 0) is 19.3 Å². The fraction of sp³-hybridized carbons (Fsp3) is 0.750. The molecule has 0 saturated carbocycles. The summed E-state index contributed by atoms with van der Waals surface area (Å²) in [5.74, 6) is 0.361. The fourth-order valence-electron chi connectivity index (χ4n) is 0.986. The van der Waals surface area contributed by atoms with Gasteiger partial charge in [-0.3, -0.25) is 0 Å². The van der Waals surface area contributed by atoms with Crippen LogP contribution >= 0.6 is 0 Å². The molecular weight excluding hydrogens is 124 g/mol. The second-order valence-electron chi connectivity index (χ2n) is 2.74. The normalized spacial score (nSPS) is 19.6. The maximum Gasteiger partial charge on any atom is 0.0253 e. The van der Waals surface area contributed by atoms with E-state index in [1.54, 1.807) is 0 Å². The van der Waals surface area contributed by atoms with Gasteiger partial charge in [-0.1, -0.05) is 13.0 Å². The number of hydrogen-bond donors (Lipinski definition) is 2. The maximum atomic E-state index is 5.79. The first-order valence-electron chi connectivity index (χ1n) is 3.77. The summed E-state index contributed by atoms with van der Waals surface area (Å²) in [6.07, 6.45) is 2.90. The molecular formula is C8H18N2. The highest BCUT2D eigenvalue weighted by Gasteiger charge is 2.15. The van der Waals surface area contributed by atoms with Gasteiger partial charge >= 0.3 is 0 Å². The quantitative estimate of drug-likeness (QED) is 0.572. The van der Waals surface area contributed by atoms with Crippen molar-refractivity contribution in [3.8, 4) is 0 Å². The highest BCUT2D eigenvalue weighted by atomic mass is 14.8. The summed E-state index contributed by atoms with van der Waals surface area (Å²) in [5.41, 5.74) is 11.4. The standard InChI is InChI=1S/C8H18N2/c1-4-7(5-2)8(10)6(3)9/h4,6-8H,1,5,9-10H2,2-3H3/t6?,7-,8?/m1/s1. The summed E-state index contributed by atoms with van der Waals surface area (Å²) in [7, 11) is 0. The van der Waals surface area contributed by atoms with Crippen LogP contribution in [-0.2, 0) is 0 Å². The Morgan fingerprint density at radius 1 is 1.50 bits per heavy atom. The first-order chi connectivity index (χ1) is 4.63. The van der Waals surface area contributed by atoms with Crippen molar-refractivity contribution in [2.45, 2.75) is 32.4 Å². The minimum Gasteiger partial charge on any atom is -0.327 e. The van der Waals surface area contributed by atoms with E-state index in [1.165, 1.54) is 0 Å². The minimum atomic E-state index is 0.0579. The number of hydrogen-bond acceptors (Lipinski definition) is 2. The largest absolute Gasteiger partial charge is 0.327 e. The van der Waals surface area contributed by atoms with Crippen LogP contribution in [0.3, 0.4) is 0 Å². The van der Waals surface area contributed by atoms with Crippen LogP contribution < -0.4 is 11.5 Å². The van der Waals surface area contributed by atoms with Gasteiger partial charge in [0.1, 0.15) is 0 Å². The molecule has 2 unspecified atom stereocenters. The monoisotopic (exact) mass is 142 g/mol. The lowest BCUT2D eigenvalue weighted by atomic mass is 9.93. The van der Waals surface area contributed by atoms with Crippen LogP contribution in [-0.4, -0.2) is 12.1 Å². The van der Waals surface area contributed by atoms with E-state index in [9.17, 15) is 0 Å². The lowest BCUT2D eigenvalue weighted by molar-refractivity contribution is 0.431. The highest BCUT2D eigenvalue weighted by molar-refractivity contribution is 4.89. The average molecular weight is 142 g/mol. The number of rotatable bonds is 4. The van der Waals surface area contributed by atoms with Gasteiger partial charge in [0, 0.05) is 12.1 Å². The summed E-state index contributed by atoms with van der Waals surface area (Å²) in [5, 5.41) is 0. The molecule has 0 aliphatic rings. The third-order valence-electron chi connectivity index (χ3n) is 1.88. The Balaban J connectivity index is 3.87. The van der Waals surface area contributed by atoms with Gasteiger partial charge in [0.05, 0.1) is 0 Å². The molecule has 2 heteroatoms. The zero-order valence-corrected chi connectivity index (χ0v) is 6.88. The van der Waals surface area contributed by atoms with Gasteiger partial charge in [-0.25, -0.2) is 0 Å². The first kappa shape index (κ1) is 9.66. The van der Waals surface area contributed by atoms with Crippen LogP contribution in [0.15, 0.2) is 12.7 Å². The smallest absolute Gasteiger partial charge is 0.0253 e. The molecule has 0 saturated heterocycles.